The standard InChI is InChI=1S/C14H18F2N2O/c15-11-3-4-13(16)10(8-11)5-7-18-14(19)9-12-2-1-6-17-12/h3-4,8,12,17H,1-2,5-7,9H2,(H,18,19). The van der Waals surface area contributed by atoms with E-state index in [2.05, 4.69) is 10.6 Å². The van der Waals surface area contributed by atoms with E-state index in [1.54, 1.807) is 0 Å². The summed E-state index contributed by atoms with van der Waals surface area (Å²) >= 11 is 0. The molecule has 104 valence electrons. The first-order chi connectivity index (χ1) is 9.15. The largest absolute Gasteiger partial charge is 0.356 e. The second-order valence-corrected chi connectivity index (χ2v) is 4.83. The molecule has 0 spiro atoms. The van der Waals surface area contributed by atoms with E-state index in [9.17, 15) is 13.6 Å². The Kier molecular flexibility index (Phi) is 4.85. The van der Waals surface area contributed by atoms with Crippen LogP contribution in [-0.4, -0.2) is 25.0 Å². The third-order valence-corrected chi connectivity index (χ3v) is 3.32. The van der Waals surface area contributed by atoms with Crippen LogP contribution in [0.2, 0.25) is 0 Å². The smallest absolute Gasteiger partial charge is 0.221 e. The molecule has 2 rings (SSSR count). The Bertz CT molecular complexity index is 445. The first-order valence-corrected chi connectivity index (χ1v) is 6.59. The van der Waals surface area contributed by atoms with Crippen molar-refractivity contribution in [1.82, 2.24) is 10.6 Å². The summed E-state index contributed by atoms with van der Waals surface area (Å²) in [6.45, 7) is 1.29. The van der Waals surface area contributed by atoms with Crippen LogP contribution in [0.4, 0.5) is 8.78 Å². The molecule has 0 radical (unpaired) electrons. The molecule has 1 aromatic rings. The van der Waals surface area contributed by atoms with Crippen molar-refractivity contribution < 1.29 is 13.6 Å². The molecule has 1 heterocycles. The summed E-state index contributed by atoms with van der Waals surface area (Å²) in [7, 11) is 0. The molecule has 0 saturated carbocycles. The summed E-state index contributed by atoms with van der Waals surface area (Å²) in [6.07, 6.45) is 2.87. The van der Waals surface area contributed by atoms with Gasteiger partial charge in [0.2, 0.25) is 5.91 Å². The zero-order chi connectivity index (χ0) is 13.7. The van der Waals surface area contributed by atoms with Crippen molar-refractivity contribution >= 4 is 5.91 Å². The molecule has 19 heavy (non-hydrogen) atoms. The molecule has 1 fully saturated rings. The average Bonchev–Trinajstić information content (AvgIpc) is 2.86. The number of carbonyl (C=O) groups is 1. The third kappa shape index (κ3) is 4.28. The molecule has 1 aliphatic heterocycles. The van der Waals surface area contributed by atoms with Crippen molar-refractivity contribution in [3.05, 3.63) is 35.4 Å². The molecule has 1 aliphatic rings. The second kappa shape index (κ2) is 6.61. The minimum Gasteiger partial charge on any atom is -0.356 e. The van der Waals surface area contributed by atoms with Crippen molar-refractivity contribution in [2.75, 3.05) is 13.1 Å². The van der Waals surface area contributed by atoms with Crippen LogP contribution >= 0.6 is 0 Å². The summed E-state index contributed by atoms with van der Waals surface area (Å²) in [6, 6.07) is 3.61. The molecule has 1 aromatic carbocycles. The van der Waals surface area contributed by atoms with Gasteiger partial charge in [-0.15, -0.1) is 0 Å². The van der Waals surface area contributed by atoms with E-state index in [-0.39, 0.29) is 11.9 Å². The van der Waals surface area contributed by atoms with Gasteiger partial charge in [0.15, 0.2) is 0 Å². The number of benzene rings is 1. The Hall–Kier alpha value is -1.49. The van der Waals surface area contributed by atoms with Crippen molar-refractivity contribution in [2.24, 2.45) is 0 Å². The van der Waals surface area contributed by atoms with Gasteiger partial charge in [-0.2, -0.15) is 0 Å². The highest BCUT2D eigenvalue weighted by Crippen LogP contribution is 2.10. The molecule has 1 unspecified atom stereocenters. The lowest BCUT2D eigenvalue weighted by Crippen LogP contribution is -2.32. The Labute approximate surface area is 111 Å². The summed E-state index contributed by atoms with van der Waals surface area (Å²) in [5, 5.41) is 5.98. The molecular formula is C14H18F2N2O. The molecule has 1 amide bonds. The van der Waals surface area contributed by atoms with Crippen LogP contribution < -0.4 is 10.6 Å². The molecule has 0 bridgehead atoms. The quantitative estimate of drug-likeness (QED) is 0.854. The van der Waals surface area contributed by atoms with Crippen molar-refractivity contribution in [1.29, 1.82) is 0 Å². The van der Waals surface area contributed by atoms with Gasteiger partial charge in [-0.05, 0) is 49.6 Å². The number of carbonyl (C=O) groups excluding carboxylic acids is 1. The van der Waals surface area contributed by atoms with Gasteiger partial charge < -0.3 is 10.6 Å². The third-order valence-electron chi connectivity index (χ3n) is 3.32. The fraction of sp³-hybridized carbons (Fsp3) is 0.500. The first-order valence-electron chi connectivity index (χ1n) is 6.59. The van der Waals surface area contributed by atoms with Gasteiger partial charge in [0, 0.05) is 19.0 Å². The van der Waals surface area contributed by atoms with E-state index in [1.165, 1.54) is 6.07 Å². The highest BCUT2D eigenvalue weighted by Gasteiger charge is 2.17. The predicted octanol–water partition coefficient (Wildman–Crippen LogP) is 1.77. The van der Waals surface area contributed by atoms with Crippen LogP contribution in [-0.2, 0) is 11.2 Å². The van der Waals surface area contributed by atoms with Crippen LogP contribution in [0, 0.1) is 11.6 Å². The number of hydrogen-bond acceptors (Lipinski definition) is 2. The average molecular weight is 268 g/mol. The summed E-state index contributed by atoms with van der Waals surface area (Å²) in [5.41, 5.74) is 0.291. The maximum absolute atomic E-state index is 13.3. The lowest BCUT2D eigenvalue weighted by atomic mass is 10.1. The van der Waals surface area contributed by atoms with Crippen LogP contribution in [0.5, 0.6) is 0 Å². The predicted molar refractivity (Wildman–Crippen MR) is 68.7 cm³/mol. The molecule has 5 heteroatoms. The van der Waals surface area contributed by atoms with Gasteiger partial charge in [-0.1, -0.05) is 0 Å². The topological polar surface area (TPSA) is 41.1 Å². The van der Waals surface area contributed by atoms with Crippen molar-refractivity contribution in [2.45, 2.75) is 31.7 Å². The summed E-state index contributed by atoms with van der Waals surface area (Å²) < 4.78 is 26.3. The summed E-state index contributed by atoms with van der Waals surface area (Å²) in [5.74, 6) is -0.942. The van der Waals surface area contributed by atoms with E-state index >= 15 is 0 Å². The van der Waals surface area contributed by atoms with E-state index < -0.39 is 11.6 Å². The Morgan fingerprint density at radius 1 is 1.42 bits per heavy atom. The van der Waals surface area contributed by atoms with Gasteiger partial charge >= 0.3 is 0 Å². The monoisotopic (exact) mass is 268 g/mol. The van der Waals surface area contributed by atoms with Gasteiger partial charge in [-0.3, -0.25) is 4.79 Å². The lowest BCUT2D eigenvalue weighted by molar-refractivity contribution is -0.121. The summed E-state index contributed by atoms with van der Waals surface area (Å²) in [4.78, 5) is 11.6. The number of nitrogens with one attached hydrogen (secondary N) is 2. The Morgan fingerprint density at radius 2 is 2.26 bits per heavy atom. The molecule has 1 saturated heterocycles. The number of hydrogen-bond donors (Lipinski definition) is 2. The number of amides is 1. The van der Waals surface area contributed by atoms with E-state index in [1.807, 2.05) is 0 Å². The van der Waals surface area contributed by atoms with E-state index in [4.69, 9.17) is 0 Å². The number of rotatable bonds is 5. The Balaban J connectivity index is 1.73. The van der Waals surface area contributed by atoms with Crippen LogP contribution in [0.1, 0.15) is 24.8 Å². The second-order valence-electron chi connectivity index (χ2n) is 4.83. The molecule has 0 aliphatic carbocycles. The molecule has 3 nitrogen and oxygen atoms in total. The van der Waals surface area contributed by atoms with Gasteiger partial charge in [0.05, 0.1) is 0 Å². The normalized spacial score (nSPS) is 18.5. The number of halogens is 2. The minimum atomic E-state index is -0.460. The zero-order valence-corrected chi connectivity index (χ0v) is 10.7. The maximum Gasteiger partial charge on any atom is 0.221 e. The fourth-order valence-corrected chi connectivity index (χ4v) is 2.30. The highest BCUT2D eigenvalue weighted by atomic mass is 19.1. The maximum atomic E-state index is 13.3. The van der Waals surface area contributed by atoms with Crippen molar-refractivity contribution in [3.8, 4) is 0 Å². The van der Waals surface area contributed by atoms with Crippen LogP contribution in [0.25, 0.3) is 0 Å². The molecule has 0 aromatic heterocycles. The fourth-order valence-electron chi connectivity index (χ4n) is 2.30. The van der Waals surface area contributed by atoms with E-state index in [0.717, 1.165) is 31.5 Å². The Morgan fingerprint density at radius 3 is 3.00 bits per heavy atom. The molecular weight excluding hydrogens is 250 g/mol. The lowest BCUT2D eigenvalue weighted by Gasteiger charge is -2.10. The first kappa shape index (κ1) is 13.9. The van der Waals surface area contributed by atoms with Crippen LogP contribution in [0.3, 0.4) is 0 Å². The minimum absolute atomic E-state index is 0.0452. The van der Waals surface area contributed by atoms with Crippen molar-refractivity contribution in [3.63, 3.8) is 0 Å². The highest BCUT2D eigenvalue weighted by molar-refractivity contribution is 5.76. The van der Waals surface area contributed by atoms with Gasteiger partial charge in [-0.25, -0.2) is 8.78 Å². The van der Waals surface area contributed by atoms with Crippen LogP contribution in [0.15, 0.2) is 18.2 Å². The van der Waals surface area contributed by atoms with Gasteiger partial charge in [0.1, 0.15) is 11.6 Å². The molecule has 2 N–H and O–H groups in total. The van der Waals surface area contributed by atoms with Gasteiger partial charge in [0.25, 0.3) is 0 Å². The molecule has 1 atom stereocenters. The zero-order valence-electron chi connectivity index (χ0n) is 10.7. The SMILES string of the molecule is O=C(CC1CCCN1)NCCc1cc(F)ccc1F. The van der Waals surface area contributed by atoms with E-state index in [0.29, 0.717) is 24.9 Å².